The molecule has 0 aliphatic carbocycles. The third kappa shape index (κ3) is 3.68. The third-order valence-electron chi connectivity index (χ3n) is 5.69. The second kappa shape index (κ2) is 7.73. The standard InChI is InChI=1S/C27H22N2O2/c1-17-14-24-25(15-18(17)2)31-27(29-24)21-12-10-19(11-13-21)16-28-26(30)23-9-5-7-20-6-3-4-8-22(20)23/h3-15H,16H2,1-2H3,(H,28,30). The summed E-state index contributed by atoms with van der Waals surface area (Å²) in [4.78, 5) is 17.4. The number of rotatable bonds is 4. The van der Waals surface area contributed by atoms with E-state index in [4.69, 9.17) is 4.42 Å². The van der Waals surface area contributed by atoms with E-state index in [2.05, 4.69) is 30.2 Å². The quantitative estimate of drug-likeness (QED) is 0.387. The maximum atomic E-state index is 12.7. The number of aromatic nitrogens is 1. The normalized spacial score (nSPS) is 11.2. The lowest BCUT2D eigenvalue weighted by Crippen LogP contribution is -2.22. The summed E-state index contributed by atoms with van der Waals surface area (Å²) in [5, 5.41) is 5.04. The van der Waals surface area contributed by atoms with E-state index in [1.165, 1.54) is 11.1 Å². The molecule has 0 spiro atoms. The number of aryl methyl sites for hydroxylation is 2. The Kier molecular flexibility index (Phi) is 4.75. The lowest BCUT2D eigenvalue weighted by atomic mass is 10.0. The van der Waals surface area contributed by atoms with Crippen LogP contribution in [0.1, 0.15) is 27.0 Å². The van der Waals surface area contributed by atoms with E-state index in [-0.39, 0.29) is 5.91 Å². The molecular weight excluding hydrogens is 384 g/mol. The number of nitrogens with zero attached hydrogens (tertiary/aromatic N) is 1. The summed E-state index contributed by atoms with van der Waals surface area (Å²) in [5.74, 6) is 0.525. The molecule has 1 amide bonds. The summed E-state index contributed by atoms with van der Waals surface area (Å²) in [5.41, 5.74) is 6.66. The van der Waals surface area contributed by atoms with Gasteiger partial charge in [0.25, 0.3) is 5.91 Å². The molecule has 0 bridgehead atoms. The second-order valence-electron chi connectivity index (χ2n) is 7.83. The number of hydrogen-bond acceptors (Lipinski definition) is 3. The van der Waals surface area contributed by atoms with Gasteiger partial charge in [0, 0.05) is 17.7 Å². The largest absolute Gasteiger partial charge is 0.436 e. The zero-order chi connectivity index (χ0) is 21.4. The van der Waals surface area contributed by atoms with Crippen LogP contribution in [0.2, 0.25) is 0 Å². The van der Waals surface area contributed by atoms with E-state index in [9.17, 15) is 4.79 Å². The van der Waals surface area contributed by atoms with E-state index >= 15 is 0 Å². The van der Waals surface area contributed by atoms with Crippen LogP contribution in [0.25, 0.3) is 33.3 Å². The average molecular weight is 406 g/mol. The molecule has 1 N–H and O–H groups in total. The topological polar surface area (TPSA) is 55.1 Å². The Morgan fingerprint density at radius 2 is 1.65 bits per heavy atom. The maximum absolute atomic E-state index is 12.7. The van der Waals surface area contributed by atoms with Gasteiger partial charge in [-0.1, -0.05) is 48.5 Å². The fraction of sp³-hybridized carbons (Fsp3) is 0.111. The van der Waals surface area contributed by atoms with Crippen molar-refractivity contribution in [2.24, 2.45) is 0 Å². The maximum Gasteiger partial charge on any atom is 0.252 e. The van der Waals surface area contributed by atoms with Crippen molar-refractivity contribution in [3.05, 3.63) is 101 Å². The summed E-state index contributed by atoms with van der Waals surface area (Å²) >= 11 is 0. The van der Waals surface area contributed by atoms with E-state index < -0.39 is 0 Å². The van der Waals surface area contributed by atoms with Gasteiger partial charge in [-0.25, -0.2) is 4.98 Å². The van der Waals surface area contributed by atoms with E-state index in [0.29, 0.717) is 18.0 Å². The van der Waals surface area contributed by atoms with Crippen molar-refractivity contribution in [2.45, 2.75) is 20.4 Å². The number of oxazole rings is 1. The van der Waals surface area contributed by atoms with Crippen LogP contribution >= 0.6 is 0 Å². The Hall–Kier alpha value is -3.92. The number of fused-ring (bicyclic) bond motifs is 2. The number of amides is 1. The van der Waals surface area contributed by atoms with Crippen LogP contribution in [0.4, 0.5) is 0 Å². The Morgan fingerprint density at radius 1 is 0.903 bits per heavy atom. The van der Waals surface area contributed by atoms with Crippen molar-refractivity contribution in [1.82, 2.24) is 10.3 Å². The minimum absolute atomic E-state index is 0.0782. The highest BCUT2D eigenvalue weighted by Gasteiger charge is 2.11. The average Bonchev–Trinajstić information content (AvgIpc) is 3.20. The first-order chi connectivity index (χ1) is 15.1. The number of carbonyl (C=O) groups is 1. The van der Waals surface area contributed by atoms with Gasteiger partial charge in [0.05, 0.1) is 0 Å². The summed E-state index contributed by atoms with van der Waals surface area (Å²) in [6.07, 6.45) is 0. The lowest BCUT2D eigenvalue weighted by molar-refractivity contribution is 0.0952. The Labute approximate surface area is 180 Å². The van der Waals surface area contributed by atoms with Crippen LogP contribution in [0.5, 0.6) is 0 Å². The van der Waals surface area contributed by atoms with Crippen molar-refractivity contribution in [3.8, 4) is 11.5 Å². The van der Waals surface area contributed by atoms with Crippen molar-refractivity contribution >= 4 is 27.8 Å². The van der Waals surface area contributed by atoms with Gasteiger partial charge in [-0.2, -0.15) is 0 Å². The molecule has 31 heavy (non-hydrogen) atoms. The molecule has 4 heteroatoms. The summed E-state index contributed by atoms with van der Waals surface area (Å²) in [7, 11) is 0. The monoisotopic (exact) mass is 406 g/mol. The molecular formula is C27H22N2O2. The van der Waals surface area contributed by atoms with Gasteiger partial charge in [0.1, 0.15) is 5.52 Å². The molecule has 0 saturated heterocycles. The number of benzene rings is 4. The first-order valence-electron chi connectivity index (χ1n) is 10.3. The molecule has 0 unspecified atom stereocenters. The van der Waals surface area contributed by atoms with E-state index in [0.717, 1.165) is 33.0 Å². The minimum Gasteiger partial charge on any atom is -0.436 e. The molecule has 5 aromatic rings. The smallest absolute Gasteiger partial charge is 0.252 e. The van der Waals surface area contributed by atoms with E-state index in [1.807, 2.05) is 72.8 Å². The van der Waals surface area contributed by atoms with Crippen LogP contribution in [-0.2, 0) is 6.54 Å². The summed E-state index contributed by atoms with van der Waals surface area (Å²) < 4.78 is 5.95. The molecule has 0 radical (unpaired) electrons. The molecule has 0 aliphatic heterocycles. The van der Waals surface area contributed by atoms with E-state index in [1.54, 1.807) is 0 Å². The molecule has 0 saturated carbocycles. The molecule has 1 heterocycles. The second-order valence-corrected chi connectivity index (χ2v) is 7.83. The van der Waals surface area contributed by atoms with Crippen LogP contribution in [-0.4, -0.2) is 10.9 Å². The number of hydrogen-bond donors (Lipinski definition) is 1. The molecule has 1 aromatic heterocycles. The van der Waals surface area contributed by atoms with Gasteiger partial charge in [-0.3, -0.25) is 4.79 Å². The zero-order valence-corrected chi connectivity index (χ0v) is 17.5. The van der Waals surface area contributed by atoms with Crippen molar-refractivity contribution in [3.63, 3.8) is 0 Å². The summed E-state index contributed by atoms with van der Waals surface area (Å²) in [6, 6.07) is 25.7. The lowest BCUT2D eigenvalue weighted by Gasteiger charge is -2.08. The van der Waals surface area contributed by atoms with Gasteiger partial charge in [-0.15, -0.1) is 0 Å². The Morgan fingerprint density at radius 3 is 2.48 bits per heavy atom. The van der Waals surface area contributed by atoms with Gasteiger partial charge in [-0.05, 0) is 71.6 Å². The predicted molar refractivity (Wildman–Crippen MR) is 124 cm³/mol. The SMILES string of the molecule is Cc1cc2nc(-c3ccc(CNC(=O)c4cccc5ccccc45)cc3)oc2cc1C. The molecule has 0 atom stereocenters. The van der Waals surface area contributed by atoms with Gasteiger partial charge >= 0.3 is 0 Å². The highest BCUT2D eigenvalue weighted by molar-refractivity contribution is 6.06. The highest BCUT2D eigenvalue weighted by atomic mass is 16.3. The highest BCUT2D eigenvalue weighted by Crippen LogP contribution is 2.26. The first-order valence-corrected chi connectivity index (χ1v) is 10.3. The van der Waals surface area contributed by atoms with Crippen LogP contribution in [0.15, 0.2) is 83.3 Å². The minimum atomic E-state index is -0.0782. The van der Waals surface area contributed by atoms with Gasteiger partial charge < -0.3 is 9.73 Å². The third-order valence-corrected chi connectivity index (χ3v) is 5.69. The first kappa shape index (κ1) is 19.1. The summed E-state index contributed by atoms with van der Waals surface area (Å²) in [6.45, 7) is 4.59. The van der Waals surface area contributed by atoms with Crippen molar-refractivity contribution < 1.29 is 9.21 Å². The molecule has 0 aliphatic rings. The molecule has 5 rings (SSSR count). The number of nitrogens with one attached hydrogen (secondary N) is 1. The predicted octanol–water partition coefficient (Wildman–Crippen LogP) is 6.19. The van der Waals surface area contributed by atoms with Crippen LogP contribution < -0.4 is 5.32 Å². The molecule has 4 nitrogen and oxygen atoms in total. The molecule has 4 aromatic carbocycles. The van der Waals surface area contributed by atoms with Crippen molar-refractivity contribution in [1.29, 1.82) is 0 Å². The van der Waals surface area contributed by atoms with Gasteiger partial charge in [0.2, 0.25) is 5.89 Å². The van der Waals surface area contributed by atoms with Crippen LogP contribution in [0.3, 0.4) is 0 Å². The zero-order valence-electron chi connectivity index (χ0n) is 17.5. The van der Waals surface area contributed by atoms with Crippen LogP contribution in [0, 0.1) is 13.8 Å². The fourth-order valence-electron chi connectivity index (χ4n) is 3.77. The molecule has 0 fully saturated rings. The fourth-order valence-corrected chi connectivity index (χ4v) is 3.77. The van der Waals surface area contributed by atoms with Gasteiger partial charge in [0.15, 0.2) is 5.58 Å². The molecule has 152 valence electrons. The Bertz CT molecular complexity index is 1370. The Balaban J connectivity index is 1.32. The number of carbonyl (C=O) groups excluding carboxylic acids is 1. The van der Waals surface area contributed by atoms with Crippen molar-refractivity contribution in [2.75, 3.05) is 0 Å².